The molecule has 7 heterocycles. The molecule has 10 atom stereocenters. The molecule has 2 unspecified atom stereocenters. The van der Waals surface area contributed by atoms with Crippen molar-refractivity contribution in [2.75, 3.05) is 12.3 Å². The van der Waals surface area contributed by atoms with Crippen LogP contribution in [0.1, 0.15) is 12.5 Å². The zero-order valence-electron chi connectivity index (χ0n) is 22.1. The summed E-state index contributed by atoms with van der Waals surface area (Å²) >= 11 is 15.1. The molecule has 3 fully saturated rings. The van der Waals surface area contributed by atoms with Gasteiger partial charge in [-0.3, -0.25) is 23.0 Å². The molecule has 0 aromatic carbocycles. The molecule has 3 aliphatic heterocycles. The molecule has 18 nitrogen and oxygen atoms in total. The topological polar surface area (TPSA) is 218 Å². The average Bonchev–Trinajstić information content (AvgIpc) is 3.72. The molecular formula is C20H22FN9O9P2S3. The summed E-state index contributed by atoms with van der Waals surface area (Å²) in [6, 6.07) is 0. The summed E-state index contributed by atoms with van der Waals surface area (Å²) in [5.41, 5.74) is 2.22. The molecular weight excluding hydrogens is 687 g/mol. The van der Waals surface area contributed by atoms with Crippen molar-refractivity contribution < 1.29 is 42.0 Å². The van der Waals surface area contributed by atoms with Gasteiger partial charge in [0.05, 0.1) is 25.6 Å². The summed E-state index contributed by atoms with van der Waals surface area (Å²) in [5, 5.41) is 11.2. The number of halogens is 1. The highest BCUT2D eigenvalue weighted by atomic mass is 32.9. The van der Waals surface area contributed by atoms with Crippen molar-refractivity contribution >= 4 is 76.4 Å². The van der Waals surface area contributed by atoms with Crippen molar-refractivity contribution in [3.05, 3.63) is 35.7 Å². The van der Waals surface area contributed by atoms with Crippen molar-refractivity contribution in [1.82, 2.24) is 38.6 Å². The number of thiol groups is 1. The van der Waals surface area contributed by atoms with Gasteiger partial charge in [-0.15, -0.1) is 0 Å². The molecule has 0 amide bonds. The molecule has 44 heavy (non-hydrogen) atoms. The molecule has 4 aromatic rings. The van der Waals surface area contributed by atoms with Crippen LogP contribution in [-0.2, 0) is 58.2 Å². The molecule has 3 saturated heterocycles. The normalized spacial score (nSPS) is 38.0. The summed E-state index contributed by atoms with van der Waals surface area (Å²) in [7, 11) is 1.50. The third-order valence-corrected chi connectivity index (χ3v) is 10.8. The van der Waals surface area contributed by atoms with Crippen molar-refractivity contribution in [2.24, 2.45) is 7.05 Å². The standard InChI is InChI=1S/C20H22FN9O9P2S3/c1-28-4-27-16-10(17(28)32)26-6-30(16)19-13-11(31)20(36-19)39-41(43,44)38-12-7(2-34-40(33,42)37-13)35-18(8(12)21)29-5-25-9-14(22)23-3-24-15(9)29/h3-8,11-13,18-20,31H,2H2,1H3,(H,33,42)(H,43,44)(H2,22,23,24)/t7-,8-,11+,12-,13-,18-,19-,20-,40?/m1/s1. The maximum atomic E-state index is 16.1. The Morgan fingerprint density at radius 3 is 2.48 bits per heavy atom. The van der Waals surface area contributed by atoms with Crippen LogP contribution in [0.4, 0.5) is 10.2 Å². The van der Waals surface area contributed by atoms with Crippen molar-refractivity contribution in [2.45, 2.75) is 49.3 Å². The van der Waals surface area contributed by atoms with E-state index in [0.717, 1.165) is 0 Å². The summed E-state index contributed by atoms with van der Waals surface area (Å²) in [4.78, 5) is 44.1. The monoisotopic (exact) mass is 709 g/mol. The lowest BCUT2D eigenvalue weighted by atomic mass is 10.1. The van der Waals surface area contributed by atoms with Gasteiger partial charge in [0.2, 0.25) is 5.69 Å². The van der Waals surface area contributed by atoms with Crippen LogP contribution in [0.2, 0.25) is 0 Å². The lowest BCUT2D eigenvalue weighted by Crippen LogP contribution is -2.37. The molecule has 3 aliphatic rings. The van der Waals surface area contributed by atoms with Crippen molar-refractivity contribution in [3.8, 4) is 0 Å². The Balaban J connectivity index is 1.22. The van der Waals surface area contributed by atoms with E-state index in [9.17, 15) is 14.8 Å². The smallest absolute Gasteiger partial charge is 0.325 e. The maximum absolute atomic E-state index is 16.1. The number of hydrogen-bond acceptors (Lipinski definition) is 16. The van der Waals surface area contributed by atoms with E-state index >= 15 is 4.39 Å². The first kappa shape index (κ1) is 30.6. The number of aliphatic hydroxyl groups is 1. The van der Waals surface area contributed by atoms with Gasteiger partial charge >= 0.3 is 6.72 Å². The van der Waals surface area contributed by atoms with Crippen molar-refractivity contribution in [1.29, 1.82) is 0 Å². The second-order valence-electron chi connectivity index (χ2n) is 9.94. The van der Waals surface area contributed by atoms with Gasteiger partial charge in [0.25, 0.3) is 5.56 Å². The fourth-order valence-electron chi connectivity index (χ4n) is 5.12. The summed E-state index contributed by atoms with van der Waals surface area (Å²) in [6.45, 7) is -4.72. The molecule has 4 aromatic heterocycles. The third kappa shape index (κ3) is 5.20. The number of nitrogens with zero attached hydrogens (tertiary/aromatic N) is 8. The minimum absolute atomic E-state index is 0.00443. The predicted molar refractivity (Wildman–Crippen MR) is 158 cm³/mol. The first-order valence-electron chi connectivity index (χ1n) is 12.6. The molecule has 236 valence electrons. The van der Waals surface area contributed by atoms with E-state index in [1.54, 1.807) is 0 Å². The quantitative estimate of drug-likeness (QED) is 0.161. The Kier molecular flexibility index (Phi) is 7.68. The molecule has 7 rings (SSSR count). The highest BCUT2D eigenvalue weighted by Crippen LogP contribution is 2.60. The molecule has 0 spiro atoms. The van der Waals surface area contributed by atoms with Crippen LogP contribution in [0.5, 0.6) is 0 Å². The number of nitrogens with two attached hydrogens (primary N) is 1. The van der Waals surface area contributed by atoms with Gasteiger partial charge in [0.1, 0.15) is 36.3 Å². The predicted octanol–water partition coefficient (Wildman–Crippen LogP) is 0.192. The van der Waals surface area contributed by atoms with Crippen LogP contribution in [0.25, 0.3) is 22.3 Å². The second-order valence-corrected chi connectivity index (χ2v) is 17.9. The van der Waals surface area contributed by atoms with E-state index < -0.39 is 73.9 Å². The number of aromatic nitrogens is 8. The number of rotatable bonds is 2. The van der Waals surface area contributed by atoms with E-state index in [1.165, 1.54) is 46.1 Å². The fourth-order valence-corrected chi connectivity index (χ4v) is 8.74. The molecule has 4 N–H and O–H groups in total. The van der Waals surface area contributed by atoms with Gasteiger partial charge in [-0.25, -0.2) is 29.3 Å². The van der Waals surface area contributed by atoms with Gasteiger partial charge in [-0.1, -0.05) is 12.2 Å². The Bertz CT molecular complexity index is 1930. The first-order valence-corrected chi connectivity index (χ1v) is 19.0. The molecule has 0 saturated carbocycles. The summed E-state index contributed by atoms with van der Waals surface area (Å²) in [5.74, 6) is 0.0828. The van der Waals surface area contributed by atoms with Crippen LogP contribution in [-0.4, -0.2) is 92.1 Å². The van der Waals surface area contributed by atoms with Gasteiger partial charge in [-0.05, 0) is 23.6 Å². The first-order chi connectivity index (χ1) is 20.8. The number of alkyl halides is 1. The number of nitrogen functional groups attached to an aromatic ring is 1. The van der Waals surface area contributed by atoms with Crippen LogP contribution in [0, 0.1) is 0 Å². The summed E-state index contributed by atoms with van der Waals surface area (Å²) < 4.78 is 54.8. The number of fused-ring (bicyclic) bond motifs is 5. The number of anilines is 1. The minimum atomic E-state index is -4.20. The van der Waals surface area contributed by atoms with E-state index in [2.05, 4.69) is 37.2 Å². The van der Waals surface area contributed by atoms with Crippen molar-refractivity contribution in [3.63, 3.8) is 0 Å². The Hall–Kier alpha value is -2.04. The lowest BCUT2D eigenvalue weighted by molar-refractivity contribution is -0.126. The highest BCUT2D eigenvalue weighted by Gasteiger charge is 2.54. The molecule has 0 aliphatic carbocycles. The average molecular weight is 710 g/mol. The minimum Gasteiger partial charge on any atom is -0.385 e. The van der Waals surface area contributed by atoms with E-state index in [0.29, 0.717) is 0 Å². The number of hydrogen-bond donors (Lipinski definition) is 4. The van der Waals surface area contributed by atoms with E-state index in [-0.39, 0.29) is 28.1 Å². The number of aliphatic hydroxyl groups excluding tert-OH is 1. The second kappa shape index (κ2) is 11.0. The Morgan fingerprint density at radius 2 is 1.70 bits per heavy atom. The summed E-state index contributed by atoms with van der Waals surface area (Å²) in [6.07, 6.45) is -6.90. The number of aryl methyl sites for hydroxylation is 1. The van der Waals surface area contributed by atoms with Gasteiger partial charge in [-0.2, -0.15) is 0 Å². The largest absolute Gasteiger partial charge is 0.385 e. The number of imidazole rings is 2. The van der Waals surface area contributed by atoms with Crippen LogP contribution >= 0.6 is 24.7 Å². The highest BCUT2D eigenvalue weighted by molar-refractivity contribution is 8.60. The van der Waals surface area contributed by atoms with Gasteiger partial charge < -0.3 is 38.8 Å². The molecule has 24 heteroatoms. The molecule has 0 radical (unpaired) electrons. The van der Waals surface area contributed by atoms with Crippen LogP contribution < -0.4 is 11.3 Å². The van der Waals surface area contributed by atoms with Crippen LogP contribution in [0.3, 0.4) is 0 Å². The third-order valence-electron chi connectivity index (χ3n) is 7.17. The fraction of sp³-hybridized carbons (Fsp3) is 0.500. The Labute approximate surface area is 260 Å². The van der Waals surface area contributed by atoms with Gasteiger partial charge in [0.15, 0.2) is 47.5 Å². The van der Waals surface area contributed by atoms with E-state index in [1.807, 2.05) is 0 Å². The van der Waals surface area contributed by atoms with Crippen LogP contribution in [0.15, 0.2) is 30.1 Å². The maximum Gasteiger partial charge on any atom is 0.325 e. The zero-order valence-corrected chi connectivity index (χ0v) is 26.4. The SMILES string of the molecule is Cn1cnc2c(ncn2[C@@H]2O[C@@H]3OP(=S)(S)O[C@H]4[C@@H](F)[C@H](n5cnc6c(N)ncnc65)O[C@@H]4COP(O)(=S)O[C@@H]2[C@@H]3O)c1=O. The lowest BCUT2D eigenvalue weighted by Gasteiger charge is -2.30. The zero-order chi connectivity index (χ0) is 31.1. The van der Waals surface area contributed by atoms with E-state index in [4.69, 9.17) is 56.9 Å². The Morgan fingerprint density at radius 1 is 1.00 bits per heavy atom. The molecule has 2 bridgehead atoms. The number of ether oxygens (including phenoxy) is 2. The van der Waals surface area contributed by atoms with Gasteiger partial charge in [0, 0.05) is 7.05 Å².